The van der Waals surface area contributed by atoms with E-state index < -0.39 is 6.10 Å². The maximum Gasteiger partial charge on any atom is 0.191 e. The van der Waals surface area contributed by atoms with Crippen LogP contribution in [-0.4, -0.2) is 11.9 Å². The van der Waals surface area contributed by atoms with Crippen LogP contribution in [-0.2, 0) is 11.3 Å². The number of Topliss-reactive ketones (excluding diaryl/α,β-unsaturated/α-hetero) is 1. The Balaban J connectivity index is 1.94. The minimum Gasteiger partial charge on any atom is -0.366 e. The fourth-order valence-corrected chi connectivity index (χ4v) is 1.96. The Hall–Kier alpha value is -1.64. The molecule has 0 aliphatic heterocycles. The van der Waals surface area contributed by atoms with Crippen molar-refractivity contribution in [1.82, 2.24) is 0 Å². The second-order valence-corrected chi connectivity index (χ2v) is 5.25. The molecule has 0 fully saturated rings. The smallest absolute Gasteiger partial charge is 0.191 e. The van der Waals surface area contributed by atoms with Crippen LogP contribution in [0, 0.1) is 6.92 Å². The van der Waals surface area contributed by atoms with E-state index in [2.05, 4.69) is 0 Å². The predicted molar refractivity (Wildman–Crippen MR) is 81.2 cm³/mol. The average molecular weight is 289 g/mol. The van der Waals surface area contributed by atoms with Gasteiger partial charge in [0, 0.05) is 10.6 Å². The van der Waals surface area contributed by atoms with Gasteiger partial charge in [-0.1, -0.05) is 53.6 Å². The third-order valence-corrected chi connectivity index (χ3v) is 3.37. The number of rotatable bonds is 5. The highest BCUT2D eigenvalue weighted by atomic mass is 35.5. The summed E-state index contributed by atoms with van der Waals surface area (Å²) in [6, 6.07) is 14.9. The fourth-order valence-electron chi connectivity index (χ4n) is 1.83. The lowest BCUT2D eigenvalue weighted by Gasteiger charge is -2.12. The molecule has 0 saturated carbocycles. The number of carbonyl (C=O) groups excluding carboxylic acids is 1. The van der Waals surface area contributed by atoms with Crippen molar-refractivity contribution in [1.29, 1.82) is 0 Å². The van der Waals surface area contributed by atoms with Crippen molar-refractivity contribution in [2.24, 2.45) is 0 Å². The molecule has 0 amide bonds. The van der Waals surface area contributed by atoms with Gasteiger partial charge in [0.15, 0.2) is 5.78 Å². The number of hydrogen-bond acceptors (Lipinski definition) is 2. The summed E-state index contributed by atoms with van der Waals surface area (Å²) in [4.78, 5) is 12.2. The largest absolute Gasteiger partial charge is 0.366 e. The number of halogens is 1. The van der Waals surface area contributed by atoms with Gasteiger partial charge in [-0.3, -0.25) is 4.79 Å². The normalized spacial score (nSPS) is 12.2. The lowest BCUT2D eigenvalue weighted by atomic mass is 10.1. The zero-order chi connectivity index (χ0) is 14.5. The summed E-state index contributed by atoms with van der Waals surface area (Å²) in [6.07, 6.45) is -0.464. The van der Waals surface area contributed by atoms with Gasteiger partial charge in [0.2, 0.25) is 0 Å². The zero-order valence-corrected chi connectivity index (χ0v) is 12.4. The van der Waals surface area contributed by atoms with Crippen molar-refractivity contribution in [2.75, 3.05) is 0 Å². The molecule has 1 atom stereocenters. The Kier molecular flexibility index (Phi) is 4.94. The quantitative estimate of drug-likeness (QED) is 0.761. The number of carbonyl (C=O) groups is 1. The van der Waals surface area contributed by atoms with E-state index in [1.165, 1.54) is 0 Å². The predicted octanol–water partition coefficient (Wildman–Crippen LogP) is 4.44. The van der Waals surface area contributed by atoms with Crippen LogP contribution >= 0.6 is 11.6 Å². The van der Waals surface area contributed by atoms with Crippen molar-refractivity contribution >= 4 is 17.4 Å². The van der Waals surface area contributed by atoms with Gasteiger partial charge in [-0.2, -0.15) is 0 Å². The maximum absolute atomic E-state index is 12.2. The first kappa shape index (κ1) is 14.8. The molecule has 0 saturated heterocycles. The van der Waals surface area contributed by atoms with Crippen LogP contribution in [0.2, 0.25) is 5.02 Å². The monoisotopic (exact) mass is 288 g/mol. The van der Waals surface area contributed by atoms with Gasteiger partial charge in [-0.05, 0) is 31.5 Å². The van der Waals surface area contributed by atoms with Crippen LogP contribution in [0.25, 0.3) is 0 Å². The average Bonchev–Trinajstić information content (AvgIpc) is 2.46. The molecule has 1 unspecified atom stereocenters. The van der Waals surface area contributed by atoms with Gasteiger partial charge in [0.25, 0.3) is 0 Å². The van der Waals surface area contributed by atoms with Gasteiger partial charge in [0.05, 0.1) is 6.61 Å². The van der Waals surface area contributed by atoms with Crippen molar-refractivity contribution in [3.8, 4) is 0 Å². The minimum absolute atomic E-state index is 0.000960. The molecule has 0 aliphatic rings. The SMILES string of the molecule is Cc1ccc(C(=O)C(C)OCc2ccc(Cl)cc2)cc1. The molecule has 0 aromatic heterocycles. The number of ketones is 1. The van der Waals surface area contributed by atoms with E-state index in [0.29, 0.717) is 17.2 Å². The summed E-state index contributed by atoms with van der Waals surface area (Å²) in [5, 5.41) is 0.692. The maximum atomic E-state index is 12.2. The van der Waals surface area contributed by atoms with Crippen molar-refractivity contribution in [2.45, 2.75) is 26.6 Å². The van der Waals surface area contributed by atoms with Gasteiger partial charge in [0.1, 0.15) is 6.10 Å². The Labute approximate surface area is 124 Å². The number of hydrogen-bond donors (Lipinski definition) is 0. The van der Waals surface area contributed by atoms with Gasteiger partial charge in [-0.25, -0.2) is 0 Å². The van der Waals surface area contributed by atoms with E-state index in [0.717, 1.165) is 11.1 Å². The first-order valence-electron chi connectivity index (χ1n) is 6.53. The second kappa shape index (κ2) is 6.69. The van der Waals surface area contributed by atoms with Crippen molar-refractivity contribution < 1.29 is 9.53 Å². The van der Waals surface area contributed by atoms with E-state index in [1.54, 1.807) is 6.92 Å². The van der Waals surface area contributed by atoms with Crippen molar-refractivity contribution in [3.05, 3.63) is 70.2 Å². The third kappa shape index (κ3) is 3.92. The molecule has 104 valence electrons. The van der Waals surface area contributed by atoms with Crippen LogP contribution in [0.1, 0.15) is 28.4 Å². The molecule has 0 spiro atoms. The fraction of sp³-hybridized carbons (Fsp3) is 0.235. The molecule has 2 nitrogen and oxygen atoms in total. The molecule has 0 aliphatic carbocycles. The Morgan fingerprint density at radius 2 is 1.70 bits per heavy atom. The highest BCUT2D eigenvalue weighted by molar-refractivity contribution is 6.30. The summed E-state index contributed by atoms with van der Waals surface area (Å²) in [7, 11) is 0. The summed E-state index contributed by atoms with van der Waals surface area (Å²) in [5.74, 6) is -0.000960. The molecule has 2 rings (SSSR count). The Morgan fingerprint density at radius 3 is 2.30 bits per heavy atom. The van der Waals surface area contributed by atoms with E-state index in [-0.39, 0.29) is 5.78 Å². The molecule has 0 N–H and O–H groups in total. The molecule has 0 bridgehead atoms. The lowest BCUT2D eigenvalue weighted by Crippen LogP contribution is -2.20. The summed E-state index contributed by atoms with van der Waals surface area (Å²) in [6.45, 7) is 4.17. The minimum atomic E-state index is -0.464. The van der Waals surface area contributed by atoms with Crippen LogP contribution in [0.5, 0.6) is 0 Å². The van der Waals surface area contributed by atoms with Crippen molar-refractivity contribution in [3.63, 3.8) is 0 Å². The van der Waals surface area contributed by atoms with Crippen LogP contribution in [0.3, 0.4) is 0 Å². The summed E-state index contributed by atoms with van der Waals surface area (Å²) >= 11 is 5.82. The molecule has 0 radical (unpaired) electrons. The first-order valence-corrected chi connectivity index (χ1v) is 6.91. The van der Waals surface area contributed by atoms with Crippen LogP contribution in [0.4, 0.5) is 0 Å². The van der Waals surface area contributed by atoms with Crippen LogP contribution in [0.15, 0.2) is 48.5 Å². The van der Waals surface area contributed by atoms with Crippen LogP contribution < -0.4 is 0 Å². The van der Waals surface area contributed by atoms with E-state index in [9.17, 15) is 4.79 Å². The second-order valence-electron chi connectivity index (χ2n) is 4.81. The topological polar surface area (TPSA) is 26.3 Å². The lowest BCUT2D eigenvalue weighted by molar-refractivity contribution is 0.0412. The molecule has 2 aromatic rings. The summed E-state index contributed by atoms with van der Waals surface area (Å²) in [5.41, 5.74) is 2.81. The van der Waals surface area contributed by atoms with E-state index in [1.807, 2.05) is 55.5 Å². The Morgan fingerprint density at radius 1 is 1.10 bits per heavy atom. The highest BCUT2D eigenvalue weighted by Crippen LogP contribution is 2.13. The van der Waals surface area contributed by atoms with E-state index >= 15 is 0 Å². The zero-order valence-electron chi connectivity index (χ0n) is 11.6. The molecular weight excluding hydrogens is 272 g/mol. The Bertz CT molecular complexity index is 573. The number of benzene rings is 2. The number of ether oxygens (including phenoxy) is 1. The summed E-state index contributed by atoms with van der Waals surface area (Å²) < 4.78 is 5.62. The molecule has 2 aromatic carbocycles. The molecule has 20 heavy (non-hydrogen) atoms. The molecule has 3 heteroatoms. The molecule has 0 heterocycles. The van der Waals surface area contributed by atoms with Gasteiger partial charge in [-0.15, -0.1) is 0 Å². The first-order chi connectivity index (χ1) is 9.56. The van der Waals surface area contributed by atoms with E-state index in [4.69, 9.17) is 16.3 Å². The van der Waals surface area contributed by atoms with Gasteiger partial charge >= 0.3 is 0 Å². The number of aryl methyl sites for hydroxylation is 1. The van der Waals surface area contributed by atoms with Gasteiger partial charge < -0.3 is 4.74 Å². The molecular formula is C17H17ClO2. The highest BCUT2D eigenvalue weighted by Gasteiger charge is 2.15. The third-order valence-electron chi connectivity index (χ3n) is 3.12. The standard InChI is InChI=1S/C17H17ClO2/c1-12-3-7-15(8-4-12)17(19)13(2)20-11-14-5-9-16(18)10-6-14/h3-10,13H,11H2,1-2H3.